The molecule has 100 valence electrons. The first-order chi connectivity index (χ1) is 8.21. The number of halogens is 1. The zero-order chi connectivity index (χ0) is 13.9. The van der Waals surface area contributed by atoms with E-state index in [9.17, 15) is 14.5 Å². The standard InChI is InChI=1S/C13H19FN2O2/c1-9(13(2,3)4)8-15-10-5-6-12(16(17)18)11(14)7-10/h5-7,9,15H,8H2,1-4H3. The number of nitro benzene ring substituents is 1. The van der Waals surface area contributed by atoms with Gasteiger partial charge in [-0.1, -0.05) is 27.7 Å². The molecule has 18 heavy (non-hydrogen) atoms. The topological polar surface area (TPSA) is 55.2 Å². The molecule has 4 nitrogen and oxygen atoms in total. The molecule has 0 aliphatic carbocycles. The van der Waals surface area contributed by atoms with Crippen LogP contribution in [0.15, 0.2) is 18.2 Å². The van der Waals surface area contributed by atoms with Gasteiger partial charge in [-0.2, -0.15) is 4.39 Å². The number of nitrogens with zero attached hydrogens (tertiary/aromatic N) is 1. The van der Waals surface area contributed by atoms with Gasteiger partial charge in [-0.25, -0.2) is 0 Å². The second kappa shape index (κ2) is 5.33. The highest BCUT2D eigenvalue weighted by Crippen LogP contribution is 2.26. The Morgan fingerprint density at radius 3 is 2.50 bits per heavy atom. The number of nitro groups is 1. The van der Waals surface area contributed by atoms with Crippen molar-refractivity contribution in [3.05, 3.63) is 34.1 Å². The fraction of sp³-hybridized carbons (Fsp3) is 0.538. The lowest BCUT2D eigenvalue weighted by atomic mass is 9.82. The molecule has 0 bridgehead atoms. The lowest BCUT2D eigenvalue weighted by Crippen LogP contribution is -2.24. The van der Waals surface area contributed by atoms with Crippen LogP contribution in [0.5, 0.6) is 0 Å². The van der Waals surface area contributed by atoms with Gasteiger partial charge in [0.25, 0.3) is 0 Å². The minimum absolute atomic E-state index is 0.159. The van der Waals surface area contributed by atoms with Crippen LogP contribution in [-0.4, -0.2) is 11.5 Å². The Balaban J connectivity index is 2.70. The molecule has 5 heteroatoms. The molecule has 0 radical (unpaired) electrons. The van der Waals surface area contributed by atoms with E-state index in [0.717, 1.165) is 6.07 Å². The second-order valence-corrected chi connectivity index (χ2v) is 5.57. The van der Waals surface area contributed by atoms with Crippen molar-refractivity contribution in [3.63, 3.8) is 0 Å². The van der Waals surface area contributed by atoms with E-state index in [1.165, 1.54) is 12.1 Å². The van der Waals surface area contributed by atoms with E-state index in [0.29, 0.717) is 18.2 Å². The van der Waals surface area contributed by atoms with Gasteiger partial charge in [-0.3, -0.25) is 10.1 Å². The van der Waals surface area contributed by atoms with Crippen LogP contribution >= 0.6 is 0 Å². The maximum absolute atomic E-state index is 13.4. The van der Waals surface area contributed by atoms with Crippen LogP contribution in [0.3, 0.4) is 0 Å². The van der Waals surface area contributed by atoms with Crippen molar-refractivity contribution >= 4 is 11.4 Å². The quantitative estimate of drug-likeness (QED) is 0.656. The summed E-state index contributed by atoms with van der Waals surface area (Å²) < 4.78 is 13.4. The Morgan fingerprint density at radius 2 is 2.06 bits per heavy atom. The van der Waals surface area contributed by atoms with Gasteiger partial charge in [0.15, 0.2) is 0 Å². The first kappa shape index (κ1) is 14.4. The summed E-state index contributed by atoms with van der Waals surface area (Å²) in [6.45, 7) is 9.21. The third kappa shape index (κ3) is 3.68. The summed E-state index contributed by atoms with van der Waals surface area (Å²) in [7, 11) is 0. The molecule has 0 heterocycles. The smallest absolute Gasteiger partial charge is 0.304 e. The zero-order valence-corrected chi connectivity index (χ0v) is 11.2. The van der Waals surface area contributed by atoms with Gasteiger partial charge in [-0.05, 0) is 17.4 Å². The summed E-state index contributed by atoms with van der Waals surface area (Å²) in [6.07, 6.45) is 0. The van der Waals surface area contributed by atoms with Gasteiger partial charge in [0.2, 0.25) is 5.82 Å². The Bertz CT molecular complexity index is 441. The van der Waals surface area contributed by atoms with E-state index in [1.807, 2.05) is 0 Å². The Labute approximate surface area is 106 Å². The van der Waals surface area contributed by atoms with Crippen LogP contribution in [0.1, 0.15) is 27.7 Å². The van der Waals surface area contributed by atoms with E-state index < -0.39 is 16.4 Å². The number of hydrogen-bond acceptors (Lipinski definition) is 3. The summed E-state index contributed by atoms with van der Waals surface area (Å²) in [4.78, 5) is 9.75. The van der Waals surface area contributed by atoms with Crippen molar-refractivity contribution in [1.82, 2.24) is 0 Å². The highest BCUT2D eigenvalue weighted by molar-refractivity contribution is 5.49. The molecule has 0 fully saturated rings. The average molecular weight is 254 g/mol. The Kier molecular flexibility index (Phi) is 4.27. The van der Waals surface area contributed by atoms with Gasteiger partial charge >= 0.3 is 5.69 Å². The second-order valence-electron chi connectivity index (χ2n) is 5.57. The largest absolute Gasteiger partial charge is 0.385 e. The van der Waals surface area contributed by atoms with Gasteiger partial charge in [0, 0.05) is 24.4 Å². The molecule has 0 spiro atoms. The molecule has 0 aliphatic rings. The molecule has 0 amide bonds. The van der Waals surface area contributed by atoms with Crippen LogP contribution in [0, 0.1) is 27.3 Å². The SMILES string of the molecule is CC(CNc1ccc([N+](=O)[O-])c(F)c1)C(C)(C)C. The van der Waals surface area contributed by atoms with E-state index in [2.05, 4.69) is 33.0 Å². The van der Waals surface area contributed by atoms with Gasteiger partial charge in [0.1, 0.15) is 0 Å². The highest BCUT2D eigenvalue weighted by atomic mass is 19.1. The van der Waals surface area contributed by atoms with Crippen molar-refractivity contribution in [3.8, 4) is 0 Å². The molecule has 0 aromatic heterocycles. The Hall–Kier alpha value is -1.65. The molecule has 0 aliphatic heterocycles. The molecule has 0 saturated heterocycles. The number of rotatable bonds is 4. The molecular weight excluding hydrogens is 235 g/mol. The lowest BCUT2D eigenvalue weighted by molar-refractivity contribution is -0.387. The van der Waals surface area contributed by atoms with Crippen LogP contribution in [0.2, 0.25) is 0 Å². The minimum Gasteiger partial charge on any atom is -0.385 e. The lowest BCUT2D eigenvalue weighted by Gasteiger charge is -2.27. The average Bonchev–Trinajstić information content (AvgIpc) is 2.24. The van der Waals surface area contributed by atoms with Crippen molar-refractivity contribution in [2.24, 2.45) is 11.3 Å². The summed E-state index contributed by atoms with van der Waals surface area (Å²) in [5.41, 5.74) is 0.227. The third-order valence-electron chi connectivity index (χ3n) is 3.24. The molecule has 1 unspecified atom stereocenters. The molecule has 0 saturated carbocycles. The van der Waals surface area contributed by atoms with E-state index in [1.54, 1.807) is 0 Å². The first-order valence-corrected chi connectivity index (χ1v) is 5.89. The summed E-state index contributed by atoms with van der Waals surface area (Å²) >= 11 is 0. The predicted molar refractivity (Wildman–Crippen MR) is 70.2 cm³/mol. The Morgan fingerprint density at radius 1 is 1.44 bits per heavy atom. The van der Waals surface area contributed by atoms with Gasteiger partial charge in [-0.15, -0.1) is 0 Å². The van der Waals surface area contributed by atoms with Crippen LogP contribution < -0.4 is 5.32 Å². The fourth-order valence-electron chi connectivity index (χ4n) is 1.34. The maximum Gasteiger partial charge on any atom is 0.304 e. The first-order valence-electron chi connectivity index (χ1n) is 5.89. The van der Waals surface area contributed by atoms with Crippen molar-refractivity contribution in [2.75, 3.05) is 11.9 Å². The molecule has 1 aromatic carbocycles. The summed E-state index contributed by atoms with van der Waals surface area (Å²) in [5.74, 6) is -0.413. The number of hydrogen-bond donors (Lipinski definition) is 1. The van der Waals surface area contributed by atoms with Crippen LogP contribution in [-0.2, 0) is 0 Å². The van der Waals surface area contributed by atoms with Crippen molar-refractivity contribution in [1.29, 1.82) is 0 Å². The number of anilines is 1. The minimum atomic E-state index is -0.812. The van der Waals surface area contributed by atoms with E-state index in [-0.39, 0.29) is 5.41 Å². The summed E-state index contributed by atoms with van der Waals surface area (Å²) in [5, 5.41) is 13.6. The summed E-state index contributed by atoms with van der Waals surface area (Å²) in [6, 6.07) is 3.86. The molecule has 1 N–H and O–H groups in total. The van der Waals surface area contributed by atoms with Crippen molar-refractivity contribution < 1.29 is 9.31 Å². The fourth-order valence-corrected chi connectivity index (χ4v) is 1.34. The van der Waals surface area contributed by atoms with E-state index >= 15 is 0 Å². The van der Waals surface area contributed by atoms with Crippen LogP contribution in [0.25, 0.3) is 0 Å². The molecule has 1 rings (SSSR count). The highest BCUT2D eigenvalue weighted by Gasteiger charge is 2.20. The predicted octanol–water partition coefficient (Wildman–Crippen LogP) is 3.83. The van der Waals surface area contributed by atoms with Crippen molar-refractivity contribution in [2.45, 2.75) is 27.7 Å². The molecule has 1 aromatic rings. The monoisotopic (exact) mass is 254 g/mol. The molecule has 1 atom stereocenters. The maximum atomic E-state index is 13.4. The number of benzene rings is 1. The van der Waals surface area contributed by atoms with Gasteiger partial charge < -0.3 is 5.32 Å². The van der Waals surface area contributed by atoms with Gasteiger partial charge in [0.05, 0.1) is 4.92 Å². The molecular formula is C13H19FN2O2. The van der Waals surface area contributed by atoms with Crippen LogP contribution in [0.4, 0.5) is 15.8 Å². The van der Waals surface area contributed by atoms with E-state index in [4.69, 9.17) is 0 Å². The number of nitrogens with one attached hydrogen (secondary N) is 1. The normalized spacial score (nSPS) is 13.2. The zero-order valence-electron chi connectivity index (χ0n) is 11.2. The third-order valence-corrected chi connectivity index (χ3v) is 3.24.